The van der Waals surface area contributed by atoms with Gasteiger partial charge in [0.15, 0.2) is 5.75 Å². The van der Waals surface area contributed by atoms with Crippen molar-refractivity contribution in [2.24, 2.45) is 4.99 Å². The smallest absolute Gasteiger partial charge is 0.315 e. The molecule has 0 saturated carbocycles. The summed E-state index contributed by atoms with van der Waals surface area (Å²) >= 11 is 0. The highest BCUT2D eigenvalue weighted by Gasteiger charge is 2.59. The van der Waals surface area contributed by atoms with Gasteiger partial charge in [-0.2, -0.15) is 8.78 Å². The van der Waals surface area contributed by atoms with Gasteiger partial charge in [-0.25, -0.2) is 0 Å². The zero-order valence-corrected chi connectivity index (χ0v) is 22.3. The molecule has 2 heterocycles. The van der Waals surface area contributed by atoms with Crippen LogP contribution >= 0.6 is 0 Å². The molecule has 0 aromatic heterocycles. The van der Waals surface area contributed by atoms with Crippen LogP contribution in [0.2, 0.25) is 0 Å². The minimum Gasteiger partial charge on any atom is -0.459 e. The lowest BCUT2D eigenvalue weighted by Gasteiger charge is -2.46. The van der Waals surface area contributed by atoms with Crippen molar-refractivity contribution < 1.29 is 23.1 Å². The monoisotopic (exact) mass is 521 g/mol. The number of halogens is 2. The molecule has 0 N–H and O–H groups in total. The first-order chi connectivity index (χ1) is 18.1. The van der Waals surface area contributed by atoms with Crippen molar-refractivity contribution in [3.8, 4) is 5.75 Å². The Morgan fingerprint density at radius 2 is 1.89 bits per heavy atom. The van der Waals surface area contributed by atoms with Gasteiger partial charge in [0.2, 0.25) is 5.72 Å². The molecular weight excluding hydrogens is 488 g/mol. The molecule has 200 valence electrons. The van der Waals surface area contributed by atoms with E-state index in [0.717, 1.165) is 47.4 Å². The lowest BCUT2D eigenvalue weighted by molar-refractivity contribution is -0.133. The molecule has 1 aliphatic carbocycles. The fourth-order valence-electron chi connectivity index (χ4n) is 6.35. The van der Waals surface area contributed by atoms with Gasteiger partial charge in [-0.05, 0) is 55.9 Å². The number of carbonyl (C=O) groups is 2. The van der Waals surface area contributed by atoms with Crippen LogP contribution in [-0.2, 0) is 34.4 Å². The van der Waals surface area contributed by atoms with Crippen molar-refractivity contribution in [2.75, 3.05) is 25.0 Å². The lowest BCUT2D eigenvalue weighted by Crippen LogP contribution is -2.61. The second-order valence-electron chi connectivity index (χ2n) is 10.9. The van der Waals surface area contributed by atoms with Crippen LogP contribution in [0.15, 0.2) is 35.3 Å². The van der Waals surface area contributed by atoms with Crippen molar-refractivity contribution in [3.05, 3.63) is 58.2 Å². The third kappa shape index (κ3) is 4.15. The van der Waals surface area contributed by atoms with E-state index in [9.17, 15) is 18.4 Å². The Labute approximate surface area is 222 Å². The van der Waals surface area contributed by atoms with E-state index in [1.54, 1.807) is 0 Å². The number of ether oxygens (including phenoxy) is 1. The molecule has 6 nitrogen and oxygen atoms in total. The standard InChI is InChI=1S/C30H33F2N3O3/c1-5-9-19-11-8-13-23-26(19)29(2,3)30(34(23)4)18-33-27-22-12-7-6-10-20(22)14-21(28(27)38-30)15-35(16-24(31)36)17-25(32)37/h7-8,11-14,18H,5-6,9-10,15-17H2,1-4H3. The van der Waals surface area contributed by atoms with Crippen LogP contribution in [0, 0.1) is 0 Å². The normalized spacial score (nSPS) is 20.3. The van der Waals surface area contributed by atoms with Crippen molar-refractivity contribution >= 4 is 35.7 Å². The molecular formula is C30H33F2N3O3. The molecule has 1 unspecified atom stereocenters. The largest absolute Gasteiger partial charge is 0.459 e. The third-order valence-corrected chi connectivity index (χ3v) is 8.07. The average molecular weight is 522 g/mol. The Bertz CT molecular complexity index is 1350. The van der Waals surface area contributed by atoms with E-state index in [1.165, 1.54) is 11.1 Å². The molecule has 0 bridgehead atoms. The van der Waals surface area contributed by atoms with Crippen molar-refractivity contribution in [1.29, 1.82) is 0 Å². The predicted octanol–water partition coefficient (Wildman–Crippen LogP) is 5.61. The maximum atomic E-state index is 13.4. The first kappa shape index (κ1) is 26.2. The molecule has 1 spiro atoms. The molecule has 5 rings (SSSR count). The van der Waals surface area contributed by atoms with Crippen molar-refractivity contribution in [1.82, 2.24) is 4.90 Å². The summed E-state index contributed by atoms with van der Waals surface area (Å²) < 4.78 is 33.7. The second-order valence-corrected chi connectivity index (χ2v) is 10.9. The molecule has 0 saturated heterocycles. The molecule has 2 aromatic rings. The minimum absolute atomic E-state index is 0.0333. The number of anilines is 1. The predicted molar refractivity (Wildman–Crippen MR) is 145 cm³/mol. The Morgan fingerprint density at radius 1 is 1.16 bits per heavy atom. The minimum atomic E-state index is -1.63. The first-order valence-electron chi connectivity index (χ1n) is 13.1. The zero-order valence-electron chi connectivity index (χ0n) is 22.3. The number of rotatable bonds is 8. The number of fused-ring (bicyclic) bond motifs is 4. The summed E-state index contributed by atoms with van der Waals surface area (Å²) in [4.78, 5) is 30.8. The second kappa shape index (κ2) is 9.73. The number of benzene rings is 2. The topological polar surface area (TPSA) is 62.2 Å². The maximum absolute atomic E-state index is 13.4. The average Bonchev–Trinajstić information content (AvgIpc) is 3.02. The molecule has 8 heteroatoms. The molecule has 3 aliphatic rings. The Morgan fingerprint density at radius 3 is 2.58 bits per heavy atom. The SMILES string of the molecule is CCCc1cccc2c1C(C)(C)C1(C=Nc3c4c(cc(CN(CC(=O)F)CC(=O)F)c3O1)CCC=C4)N2C. The van der Waals surface area contributed by atoms with Gasteiger partial charge >= 0.3 is 12.1 Å². The Kier molecular flexibility index (Phi) is 6.71. The number of aryl methyl sites for hydroxylation is 2. The molecule has 2 aliphatic heterocycles. The van der Waals surface area contributed by atoms with Gasteiger partial charge in [0, 0.05) is 30.4 Å². The maximum Gasteiger partial charge on any atom is 0.315 e. The number of carbonyl (C=O) groups excluding carboxylic acids is 2. The number of hydrogen-bond acceptors (Lipinski definition) is 6. The highest BCUT2D eigenvalue weighted by molar-refractivity contribution is 5.91. The summed E-state index contributed by atoms with van der Waals surface area (Å²) in [5, 5.41) is 0. The van der Waals surface area contributed by atoms with Crippen LogP contribution in [0.3, 0.4) is 0 Å². The van der Waals surface area contributed by atoms with Crippen LogP contribution in [-0.4, -0.2) is 49.1 Å². The third-order valence-electron chi connectivity index (χ3n) is 8.07. The Hall–Kier alpha value is -3.39. The van der Waals surface area contributed by atoms with E-state index in [4.69, 9.17) is 9.73 Å². The molecule has 2 aromatic carbocycles. The first-order valence-corrected chi connectivity index (χ1v) is 13.1. The number of hydrogen-bond donors (Lipinski definition) is 0. The van der Waals surface area contributed by atoms with Gasteiger partial charge in [-0.15, -0.1) is 0 Å². The van der Waals surface area contributed by atoms with E-state index in [1.807, 2.05) is 25.4 Å². The number of likely N-dealkylation sites (N-methyl/N-ethyl adjacent to an activating group) is 1. The molecule has 0 radical (unpaired) electrons. The molecule has 0 fully saturated rings. The molecule has 38 heavy (non-hydrogen) atoms. The summed E-state index contributed by atoms with van der Waals surface area (Å²) in [6.07, 6.45) is 9.61. The van der Waals surface area contributed by atoms with Crippen molar-refractivity contribution in [3.63, 3.8) is 0 Å². The summed E-state index contributed by atoms with van der Waals surface area (Å²) in [6.45, 7) is 5.06. The van der Waals surface area contributed by atoms with Gasteiger partial charge in [0.05, 0.1) is 24.7 Å². The molecule has 0 amide bonds. The van der Waals surface area contributed by atoms with Gasteiger partial charge in [0.1, 0.15) is 5.69 Å². The summed E-state index contributed by atoms with van der Waals surface area (Å²) in [5.74, 6) is 0.505. The van der Waals surface area contributed by atoms with Crippen LogP contribution < -0.4 is 9.64 Å². The number of aliphatic imine (C=N–C) groups is 1. The van der Waals surface area contributed by atoms with Crippen molar-refractivity contribution in [2.45, 2.75) is 64.1 Å². The van der Waals surface area contributed by atoms with E-state index < -0.39 is 36.3 Å². The number of nitrogens with zero attached hydrogens (tertiary/aromatic N) is 3. The van der Waals surface area contributed by atoms with Crippen LogP contribution in [0.1, 0.15) is 61.4 Å². The fourth-order valence-corrected chi connectivity index (χ4v) is 6.35. The van der Waals surface area contributed by atoms with Gasteiger partial charge < -0.3 is 9.64 Å². The summed E-state index contributed by atoms with van der Waals surface area (Å²) in [7, 11) is 1.99. The fraction of sp³-hybridized carbons (Fsp3) is 0.433. The quantitative estimate of drug-likeness (QED) is 0.423. The molecule has 1 atom stereocenters. The number of allylic oxidation sites excluding steroid dienone is 1. The summed E-state index contributed by atoms with van der Waals surface area (Å²) in [5.41, 5.74) is 5.41. The summed E-state index contributed by atoms with van der Waals surface area (Å²) in [6, 6.07) is 5.02. The van der Waals surface area contributed by atoms with Crippen LogP contribution in [0.25, 0.3) is 6.08 Å². The van der Waals surface area contributed by atoms with E-state index in [0.29, 0.717) is 17.0 Å². The lowest BCUT2D eigenvalue weighted by atomic mass is 9.75. The van der Waals surface area contributed by atoms with Gasteiger partial charge in [-0.3, -0.25) is 19.5 Å². The van der Waals surface area contributed by atoms with Gasteiger partial charge in [0.25, 0.3) is 0 Å². The van der Waals surface area contributed by atoms with E-state index in [-0.39, 0.29) is 6.54 Å². The van der Waals surface area contributed by atoms with Crippen LogP contribution in [0.5, 0.6) is 5.75 Å². The highest BCUT2D eigenvalue weighted by Crippen LogP contribution is 2.56. The van der Waals surface area contributed by atoms with E-state index in [2.05, 4.69) is 49.9 Å². The Balaban J connectivity index is 1.64. The van der Waals surface area contributed by atoms with E-state index >= 15 is 0 Å². The highest BCUT2D eigenvalue weighted by atomic mass is 19.1. The van der Waals surface area contributed by atoms with Crippen LogP contribution in [0.4, 0.5) is 20.2 Å². The zero-order chi connectivity index (χ0) is 27.2. The van der Waals surface area contributed by atoms with Gasteiger partial charge in [-0.1, -0.05) is 43.7 Å².